The Morgan fingerprint density at radius 3 is 2.38 bits per heavy atom. The number of nitrogens with two attached hydrogens (primary N) is 1. The first kappa shape index (κ1) is 20.7. The number of hydrogen-bond acceptors (Lipinski definition) is 4. The van der Waals surface area contributed by atoms with Gasteiger partial charge in [0.15, 0.2) is 0 Å². The summed E-state index contributed by atoms with van der Waals surface area (Å²) in [7, 11) is 0. The third-order valence-corrected chi connectivity index (χ3v) is 5.57. The first-order chi connectivity index (χ1) is 13.9. The summed E-state index contributed by atoms with van der Waals surface area (Å²) in [5.74, 6) is -0.161. The van der Waals surface area contributed by atoms with Gasteiger partial charge in [0.2, 0.25) is 5.91 Å². The van der Waals surface area contributed by atoms with Gasteiger partial charge in [0.05, 0.1) is 0 Å². The van der Waals surface area contributed by atoms with E-state index >= 15 is 0 Å². The van der Waals surface area contributed by atoms with Crippen molar-refractivity contribution in [1.29, 1.82) is 0 Å². The molecular formula is C23H25N3O2S. The fraction of sp³-hybridized carbons (Fsp3) is 0.261. The van der Waals surface area contributed by atoms with Crippen LogP contribution in [0.2, 0.25) is 0 Å². The molecule has 0 unspecified atom stereocenters. The Bertz CT molecular complexity index is 965. The Morgan fingerprint density at radius 2 is 1.76 bits per heavy atom. The Hall–Kier alpha value is -2.99. The smallest absolute Gasteiger partial charge is 0.273 e. The molecule has 0 radical (unpaired) electrons. The summed E-state index contributed by atoms with van der Waals surface area (Å²) in [5, 5.41) is 2.58. The number of nitrogens with zero attached hydrogens (tertiary/aromatic N) is 2. The van der Waals surface area contributed by atoms with E-state index in [0.717, 1.165) is 16.1 Å². The monoisotopic (exact) mass is 407 g/mol. The van der Waals surface area contributed by atoms with Crippen LogP contribution in [0.1, 0.15) is 47.8 Å². The van der Waals surface area contributed by atoms with Crippen molar-refractivity contribution in [3.63, 3.8) is 0 Å². The summed E-state index contributed by atoms with van der Waals surface area (Å²) in [6.45, 7) is 4.98. The number of hydrogen-bond donors (Lipinski definition) is 1. The van der Waals surface area contributed by atoms with E-state index in [0.29, 0.717) is 18.2 Å². The summed E-state index contributed by atoms with van der Waals surface area (Å²) >= 11 is 1.44. The average Bonchev–Trinajstić information content (AvgIpc) is 3.21. The zero-order valence-electron chi connectivity index (χ0n) is 16.7. The predicted octanol–water partition coefficient (Wildman–Crippen LogP) is 4.45. The minimum absolute atomic E-state index is 0.117. The van der Waals surface area contributed by atoms with Crippen LogP contribution in [0.4, 0.5) is 0 Å². The molecule has 3 aromatic rings. The Kier molecular flexibility index (Phi) is 6.77. The molecule has 0 fully saturated rings. The highest BCUT2D eigenvalue weighted by atomic mass is 32.1. The molecule has 6 heteroatoms. The number of primary amides is 1. The molecule has 1 aromatic heterocycles. The number of carbonyl (C=O) groups excluding carboxylic acids is 2. The molecule has 2 aromatic carbocycles. The van der Waals surface area contributed by atoms with Crippen LogP contribution < -0.4 is 5.73 Å². The number of rotatable bonds is 8. The predicted molar refractivity (Wildman–Crippen MR) is 117 cm³/mol. The third-order valence-electron chi connectivity index (χ3n) is 4.68. The molecule has 0 bridgehead atoms. The van der Waals surface area contributed by atoms with E-state index in [9.17, 15) is 9.59 Å². The van der Waals surface area contributed by atoms with E-state index in [1.54, 1.807) is 10.3 Å². The zero-order chi connectivity index (χ0) is 20.8. The zero-order valence-corrected chi connectivity index (χ0v) is 17.5. The molecule has 0 atom stereocenters. The molecule has 3 rings (SSSR count). The second-order valence-corrected chi connectivity index (χ2v) is 8.10. The number of aromatic nitrogens is 1. The van der Waals surface area contributed by atoms with Crippen molar-refractivity contribution >= 4 is 23.2 Å². The molecule has 0 spiro atoms. The van der Waals surface area contributed by atoms with Gasteiger partial charge in [0, 0.05) is 30.5 Å². The first-order valence-electron chi connectivity index (χ1n) is 9.61. The Labute approximate surface area is 175 Å². The van der Waals surface area contributed by atoms with Crippen molar-refractivity contribution in [2.45, 2.75) is 32.7 Å². The quantitative estimate of drug-likeness (QED) is 0.599. The standard InChI is InChI=1S/C23H25N3O2S/c1-16(2)18-8-10-19(11-9-18)22-25-20(15-29-22)23(28)26(13-12-21(24)27)14-17-6-4-3-5-7-17/h3-11,15-16H,12-14H2,1-2H3,(H2,24,27). The van der Waals surface area contributed by atoms with Gasteiger partial charge >= 0.3 is 0 Å². The maximum Gasteiger partial charge on any atom is 0.273 e. The molecule has 2 N–H and O–H groups in total. The molecule has 150 valence electrons. The van der Waals surface area contributed by atoms with E-state index in [4.69, 9.17) is 5.73 Å². The summed E-state index contributed by atoms with van der Waals surface area (Å²) in [6.07, 6.45) is 0.117. The van der Waals surface area contributed by atoms with Gasteiger partial charge < -0.3 is 10.6 Å². The molecule has 0 aliphatic heterocycles. The van der Waals surface area contributed by atoms with E-state index < -0.39 is 5.91 Å². The summed E-state index contributed by atoms with van der Waals surface area (Å²) in [6, 6.07) is 17.9. The fourth-order valence-electron chi connectivity index (χ4n) is 2.98. The molecule has 2 amide bonds. The van der Waals surface area contributed by atoms with Crippen molar-refractivity contribution in [2.75, 3.05) is 6.54 Å². The van der Waals surface area contributed by atoms with Gasteiger partial charge in [-0.3, -0.25) is 9.59 Å². The maximum absolute atomic E-state index is 13.1. The van der Waals surface area contributed by atoms with Crippen LogP contribution in [0.3, 0.4) is 0 Å². The molecule has 0 aliphatic rings. The average molecular weight is 408 g/mol. The van der Waals surface area contributed by atoms with E-state index in [2.05, 4.69) is 31.0 Å². The molecule has 0 saturated heterocycles. The fourth-order valence-corrected chi connectivity index (χ4v) is 3.78. The Balaban J connectivity index is 1.79. The highest BCUT2D eigenvalue weighted by Crippen LogP contribution is 2.26. The maximum atomic E-state index is 13.1. The normalized spacial score (nSPS) is 10.9. The lowest BCUT2D eigenvalue weighted by molar-refractivity contribution is -0.118. The van der Waals surface area contributed by atoms with Crippen molar-refractivity contribution in [2.24, 2.45) is 5.73 Å². The van der Waals surface area contributed by atoms with Crippen LogP contribution in [0.15, 0.2) is 60.0 Å². The van der Waals surface area contributed by atoms with E-state index in [-0.39, 0.29) is 18.9 Å². The third kappa shape index (κ3) is 5.51. The van der Waals surface area contributed by atoms with Crippen LogP contribution >= 0.6 is 11.3 Å². The molecule has 0 aliphatic carbocycles. The first-order valence-corrected chi connectivity index (χ1v) is 10.5. The number of thiazole rings is 1. The van der Waals surface area contributed by atoms with Crippen molar-refractivity contribution in [1.82, 2.24) is 9.88 Å². The molecule has 0 saturated carbocycles. The topological polar surface area (TPSA) is 76.3 Å². The van der Waals surface area contributed by atoms with E-state index in [1.165, 1.54) is 16.9 Å². The highest BCUT2D eigenvalue weighted by Gasteiger charge is 2.20. The van der Waals surface area contributed by atoms with E-state index in [1.807, 2.05) is 42.5 Å². The number of carbonyl (C=O) groups is 2. The minimum atomic E-state index is -0.430. The molecule has 29 heavy (non-hydrogen) atoms. The van der Waals surface area contributed by atoms with Crippen LogP contribution in [0.25, 0.3) is 10.6 Å². The lowest BCUT2D eigenvalue weighted by atomic mass is 10.0. The highest BCUT2D eigenvalue weighted by molar-refractivity contribution is 7.13. The van der Waals surface area contributed by atoms with Gasteiger partial charge in [-0.15, -0.1) is 11.3 Å². The largest absolute Gasteiger partial charge is 0.370 e. The van der Waals surface area contributed by atoms with Crippen molar-refractivity contribution < 1.29 is 9.59 Å². The van der Waals surface area contributed by atoms with Crippen molar-refractivity contribution in [3.8, 4) is 10.6 Å². The number of benzene rings is 2. The summed E-state index contributed by atoms with van der Waals surface area (Å²) < 4.78 is 0. The Morgan fingerprint density at radius 1 is 1.07 bits per heavy atom. The van der Waals surface area contributed by atoms with Crippen molar-refractivity contribution in [3.05, 3.63) is 76.8 Å². The molecule has 5 nitrogen and oxygen atoms in total. The van der Waals surface area contributed by atoms with Gasteiger partial charge in [-0.2, -0.15) is 0 Å². The van der Waals surface area contributed by atoms with Crippen LogP contribution in [0.5, 0.6) is 0 Å². The lowest BCUT2D eigenvalue weighted by Crippen LogP contribution is -2.33. The van der Waals surface area contributed by atoms with Gasteiger partial charge in [-0.05, 0) is 17.0 Å². The second kappa shape index (κ2) is 9.47. The number of amides is 2. The second-order valence-electron chi connectivity index (χ2n) is 7.24. The lowest BCUT2D eigenvalue weighted by Gasteiger charge is -2.21. The van der Waals surface area contributed by atoms with Gasteiger partial charge in [-0.25, -0.2) is 4.98 Å². The van der Waals surface area contributed by atoms with Crippen LogP contribution in [0, 0.1) is 0 Å². The van der Waals surface area contributed by atoms with Gasteiger partial charge in [0.25, 0.3) is 5.91 Å². The van der Waals surface area contributed by atoms with Gasteiger partial charge in [0.1, 0.15) is 10.7 Å². The molecule has 1 heterocycles. The SMILES string of the molecule is CC(C)c1ccc(-c2nc(C(=O)N(CCC(N)=O)Cc3ccccc3)cs2)cc1. The minimum Gasteiger partial charge on any atom is -0.370 e. The summed E-state index contributed by atoms with van der Waals surface area (Å²) in [5.41, 5.74) is 8.93. The molecular weight excluding hydrogens is 382 g/mol. The van der Waals surface area contributed by atoms with Crippen LogP contribution in [-0.2, 0) is 11.3 Å². The van der Waals surface area contributed by atoms with Gasteiger partial charge in [-0.1, -0.05) is 68.4 Å². The summed E-state index contributed by atoms with van der Waals surface area (Å²) in [4.78, 5) is 30.5. The van der Waals surface area contributed by atoms with Crippen LogP contribution in [-0.4, -0.2) is 28.2 Å².